The summed E-state index contributed by atoms with van der Waals surface area (Å²) in [5.41, 5.74) is 5.40. The Labute approximate surface area is 167 Å². The molecule has 27 heavy (non-hydrogen) atoms. The number of nitrogens with one attached hydrogen (secondary N) is 4. The van der Waals surface area contributed by atoms with E-state index in [-0.39, 0.29) is 6.54 Å². The molecule has 0 aliphatic carbocycles. The predicted octanol–water partition coefficient (Wildman–Crippen LogP) is 4.32. The number of halogens is 2. The number of nitrogens with zero attached hydrogens (tertiary/aromatic N) is 2. The Bertz CT molecular complexity index is 888. The number of benzene rings is 1. The van der Waals surface area contributed by atoms with Gasteiger partial charge in [0.2, 0.25) is 0 Å². The van der Waals surface area contributed by atoms with E-state index in [1.165, 1.54) is 6.20 Å². The fourth-order valence-electron chi connectivity index (χ4n) is 2.14. The van der Waals surface area contributed by atoms with Crippen molar-refractivity contribution in [3.05, 3.63) is 64.3 Å². The Kier molecular flexibility index (Phi) is 7.45. The summed E-state index contributed by atoms with van der Waals surface area (Å²) in [6.07, 6.45) is 5.21. The predicted molar refractivity (Wildman–Crippen MR) is 111 cm³/mol. The molecule has 0 saturated carbocycles. The zero-order valence-corrected chi connectivity index (χ0v) is 16.4. The Hall–Kier alpha value is -2.77. The molecule has 0 spiro atoms. The SMILES string of the molecule is C=CN/N=C(\CNC(=O)Nc1ccc(Cl)c(Cl)c1)c1nc(/C=C\C)c(C)[nH]1. The molecule has 2 aromatic rings. The number of allylic oxidation sites excluding steroid dienone is 1. The fourth-order valence-corrected chi connectivity index (χ4v) is 2.44. The number of H-pyrrole nitrogens is 1. The maximum Gasteiger partial charge on any atom is 0.319 e. The Balaban J connectivity index is 2.07. The molecule has 1 aromatic heterocycles. The van der Waals surface area contributed by atoms with Gasteiger partial charge in [0.1, 0.15) is 5.71 Å². The highest BCUT2D eigenvalue weighted by atomic mass is 35.5. The average molecular weight is 407 g/mol. The third-order valence-corrected chi connectivity index (χ3v) is 4.14. The van der Waals surface area contributed by atoms with Crippen molar-refractivity contribution >= 4 is 46.7 Å². The second-order valence-corrected chi connectivity index (χ2v) is 6.24. The van der Waals surface area contributed by atoms with Crippen molar-refractivity contribution in [2.75, 3.05) is 11.9 Å². The van der Waals surface area contributed by atoms with Crippen molar-refractivity contribution in [3.8, 4) is 0 Å². The van der Waals surface area contributed by atoms with Crippen LogP contribution >= 0.6 is 23.2 Å². The third kappa shape index (κ3) is 5.87. The van der Waals surface area contributed by atoms with Crippen molar-refractivity contribution in [2.24, 2.45) is 5.10 Å². The van der Waals surface area contributed by atoms with Crippen LogP contribution in [0.2, 0.25) is 10.0 Å². The summed E-state index contributed by atoms with van der Waals surface area (Å²) < 4.78 is 0. The molecule has 0 aliphatic rings. The number of aromatic nitrogens is 2. The number of anilines is 1. The molecule has 2 amide bonds. The molecule has 142 valence electrons. The van der Waals surface area contributed by atoms with E-state index < -0.39 is 6.03 Å². The van der Waals surface area contributed by atoms with Crippen LogP contribution in [0.25, 0.3) is 6.08 Å². The number of urea groups is 1. The number of carbonyl (C=O) groups excluding carboxylic acids is 1. The molecule has 1 aromatic carbocycles. The summed E-state index contributed by atoms with van der Waals surface area (Å²) in [6, 6.07) is 4.41. The first-order chi connectivity index (χ1) is 12.9. The number of hydrogen-bond acceptors (Lipinski definition) is 4. The number of imidazole rings is 1. The fraction of sp³-hybridized carbons (Fsp3) is 0.167. The second-order valence-electron chi connectivity index (χ2n) is 5.42. The molecule has 0 aliphatic heterocycles. The highest BCUT2D eigenvalue weighted by Gasteiger charge is 2.13. The molecule has 1 heterocycles. The van der Waals surface area contributed by atoms with E-state index >= 15 is 0 Å². The summed E-state index contributed by atoms with van der Waals surface area (Å²) in [4.78, 5) is 19.8. The van der Waals surface area contributed by atoms with Crippen LogP contribution in [-0.4, -0.2) is 28.3 Å². The molecule has 0 unspecified atom stereocenters. The highest BCUT2D eigenvalue weighted by Crippen LogP contribution is 2.24. The van der Waals surface area contributed by atoms with Crippen LogP contribution in [0.5, 0.6) is 0 Å². The van der Waals surface area contributed by atoms with Gasteiger partial charge < -0.3 is 15.6 Å². The second kappa shape index (κ2) is 9.80. The Morgan fingerprint density at radius 2 is 2.15 bits per heavy atom. The zero-order chi connectivity index (χ0) is 19.8. The number of rotatable bonds is 7. The quantitative estimate of drug-likeness (QED) is 0.407. The molecular weight excluding hydrogens is 387 g/mol. The minimum absolute atomic E-state index is 0.135. The standard InChI is InChI=1S/C18H20Cl2N6O/c1-4-6-15-11(3)23-17(25-15)16(26-22-5-2)10-21-18(27)24-12-7-8-13(19)14(20)9-12/h4-9,22H,2,10H2,1,3H3,(H,23,25)(H2,21,24,27)/b6-4-,26-16+. The van der Waals surface area contributed by atoms with E-state index in [1.54, 1.807) is 18.2 Å². The molecule has 0 saturated heterocycles. The molecule has 0 atom stereocenters. The van der Waals surface area contributed by atoms with E-state index in [0.29, 0.717) is 27.3 Å². The lowest BCUT2D eigenvalue weighted by Crippen LogP contribution is -2.34. The van der Waals surface area contributed by atoms with Gasteiger partial charge >= 0.3 is 6.03 Å². The summed E-state index contributed by atoms with van der Waals surface area (Å²) in [5, 5.41) is 10.4. The zero-order valence-electron chi connectivity index (χ0n) is 14.9. The maximum atomic E-state index is 12.2. The third-order valence-electron chi connectivity index (χ3n) is 3.40. The van der Waals surface area contributed by atoms with Gasteiger partial charge in [-0.2, -0.15) is 5.10 Å². The van der Waals surface area contributed by atoms with Crippen LogP contribution in [-0.2, 0) is 0 Å². The van der Waals surface area contributed by atoms with E-state index in [9.17, 15) is 4.79 Å². The molecule has 4 N–H and O–H groups in total. The van der Waals surface area contributed by atoms with Crippen LogP contribution in [0, 0.1) is 6.92 Å². The van der Waals surface area contributed by atoms with Gasteiger partial charge in [0, 0.05) is 17.6 Å². The molecular formula is C18H20Cl2N6O. The summed E-state index contributed by atoms with van der Waals surface area (Å²) in [6.45, 7) is 7.52. The van der Waals surface area contributed by atoms with Crippen LogP contribution in [0.1, 0.15) is 24.1 Å². The van der Waals surface area contributed by atoms with Gasteiger partial charge in [-0.15, -0.1) is 0 Å². The molecule has 7 nitrogen and oxygen atoms in total. The normalized spacial score (nSPS) is 11.5. The number of hydrazone groups is 1. The van der Waals surface area contributed by atoms with E-state index in [2.05, 4.69) is 37.7 Å². The summed E-state index contributed by atoms with van der Waals surface area (Å²) >= 11 is 11.8. The molecule has 0 bridgehead atoms. The van der Waals surface area contributed by atoms with Crippen LogP contribution in [0.4, 0.5) is 10.5 Å². The van der Waals surface area contributed by atoms with Gasteiger partial charge in [-0.25, -0.2) is 9.78 Å². The topological polar surface area (TPSA) is 94.2 Å². The lowest BCUT2D eigenvalue weighted by molar-refractivity contribution is 0.253. The summed E-state index contributed by atoms with van der Waals surface area (Å²) in [5.74, 6) is 0.546. The number of hydrogen-bond donors (Lipinski definition) is 4. The molecule has 2 rings (SSSR count). The number of carbonyl (C=O) groups is 1. The monoisotopic (exact) mass is 406 g/mol. The lowest BCUT2D eigenvalue weighted by Gasteiger charge is -2.09. The van der Waals surface area contributed by atoms with E-state index in [0.717, 1.165) is 11.4 Å². The first-order valence-electron chi connectivity index (χ1n) is 8.07. The van der Waals surface area contributed by atoms with Crippen molar-refractivity contribution < 1.29 is 4.79 Å². The van der Waals surface area contributed by atoms with Crippen LogP contribution in [0.3, 0.4) is 0 Å². The van der Waals surface area contributed by atoms with Crippen molar-refractivity contribution in [1.82, 2.24) is 20.7 Å². The summed E-state index contributed by atoms with van der Waals surface area (Å²) in [7, 11) is 0. The van der Waals surface area contributed by atoms with Gasteiger partial charge in [0.15, 0.2) is 5.82 Å². The molecule has 0 radical (unpaired) electrons. The first kappa shape index (κ1) is 20.5. The molecule has 9 heteroatoms. The largest absolute Gasteiger partial charge is 0.340 e. The van der Waals surface area contributed by atoms with Gasteiger partial charge in [-0.1, -0.05) is 35.9 Å². The van der Waals surface area contributed by atoms with Gasteiger partial charge in [0.05, 0.1) is 22.3 Å². The van der Waals surface area contributed by atoms with Crippen molar-refractivity contribution in [1.29, 1.82) is 0 Å². The van der Waals surface area contributed by atoms with Crippen LogP contribution in [0.15, 0.2) is 42.2 Å². The van der Waals surface area contributed by atoms with Crippen molar-refractivity contribution in [2.45, 2.75) is 13.8 Å². The Morgan fingerprint density at radius 1 is 1.37 bits per heavy atom. The number of amides is 2. The maximum absolute atomic E-state index is 12.2. The van der Waals surface area contributed by atoms with E-state index in [4.69, 9.17) is 23.2 Å². The Morgan fingerprint density at radius 3 is 2.81 bits per heavy atom. The minimum Gasteiger partial charge on any atom is -0.340 e. The van der Waals surface area contributed by atoms with Gasteiger partial charge in [-0.3, -0.25) is 5.43 Å². The van der Waals surface area contributed by atoms with Gasteiger partial charge in [-0.05, 0) is 38.1 Å². The average Bonchev–Trinajstić information content (AvgIpc) is 2.99. The van der Waals surface area contributed by atoms with Crippen molar-refractivity contribution in [3.63, 3.8) is 0 Å². The van der Waals surface area contributed by atoms with Crippen LogP contribution < -0.4 is 16.1 Å². The highest BCUT2D eigenvalue weighted by molar-refractivity contribution is 6.42. The lowest BCUT2D eigenvalue weighted by atomic mass is 10.3. The minimum atomic E-state index is -0.420. The first-order valence-corrected chi connectivity index (χ1v) is 8.82. The van der Waals surface area contributed by atoms with E-state index in [1.807, 2.05) is 26.0 Å². The molecule has 0 fully saturated rings. The number of aromatic amines is 1. The number of aryl methyl sites for hydroxylation is 1. The van der Waals surface area contributed by atoms with Gasteiger partial charge in [0.25, 0.3) is 0 Å². The smallest absolute Gasteiger partial charge is 0.319 e.